The van der Waals surface area contributed by atoms with Crippen molar-refractivity contribution < 1.29 is 19.4 Å². The molecule has 1 amide bonds. The molecule has 0 aliphatic rings. The minimum Gasteiger partial charge on any atom is -0.492 e. The molecule has 0 heterocycles. The van der Waals surface area contributed by atoms with Crippen LogP contribution in [0.4, 0.5) is 0 Å². The second kappa shape index (κ2) is 8.67. The van der Waals surface area contributed by atoms with E-state index in [1.807, 2.05) is 24.3 Å². The van der Waals surface area contributed by atoms with Crippen LogP contribution in [-0.2, 0) is 9.59 Å². The summed E-state index contributed by atoms with van der Waals surface area (Å²) in [6.45, 7) is 3.92. The van der Waals surface area contributed by atoms with Crippen LogP contribution in [-0.4, -0.2) is 29.6 Å². The Bertz CT molecular complexity index is 490. The van der Waals surface area contributed by atoms with Gasteiger partial charge in [-0.3, -0.25) is 4.79 Å². The van der Waals surface area contributed by atoms with Crippen LogP contribution in [0.2, 0.25) is 0 Å². The van der Waals surface area contributed by atoms with Gasteiger partial charge in [0.1, 0.15) is 11.8 Å². The fourth-order valence-corrected chi connectivity index (χ4v) is 2.14. The maximum Gasteiger partial charge on any atom is 0.326 e. The number of carbonyl (C=O) groups is 2. The van der Waals surface area contributed by atoms with E-state index in [0.717, 1.165) is 10.2 Å². The van der Waals surface area contributed by atoms with Gasteiger partial charge < -0.3 is 15.2 Å². The van der Waals surface area contributed by atoms with Gasteiger partial charge in [-0.25, -0.2) is 4.79 Å². The van der Waals surface area contributed by atoms with Crippen molar-refractivity contribution in [3.05, 3.63) is 28.7 Å². The van der Waals surface area contributed by atoms with E-state index < -0.39 is 12.0 Å². The highest BCUT2D eigenvalue weighted by molar-refractivity contribution is 9.10. The minimum atomic E-state index is -1.01. The smallest absolute Gasteiger partial charge is 0.326 e. The molecule has 5 nitrogen and oxygen atoms in total. The number of para-hydroxylation sites is 1. The van der Waals surface area contributed by atoms with E-state index in [1.54, 1.807) is 13.8 Å². The average Bonchev–Trinajstić information content (AvgIpc) is 2.42. The Kier molecular flexibility index (Phi) is 7.22. The van der Waals surface area contributed by atoms with Gasteiger partial charge in [0.25, 0.3) is 0 Å². The van der Waals surface area contributed by atoms with Gasteiger partial charge in [-0.05, 0) is 40.4 Å². The number of hydrogen-bond acceptors (Lipinski definition) is 3. The van der Waals surface area contributed by atoms with Crippen molar-refractivity contribution in [2.24, 2.45) is 5.92 Å². The number of aliphatic carboxylic acids is 1. The first-order chi connectivity index (χ1) is 9.91. The van der Waals surface area contributed by atoms with E-state index in [-0.39, 0.29) is 18.2 Å². The Balaban J connectivity index is 2.31. The highest BCUT2D eigenvalue weighted by atomic mass is 79.9. The number of benzene rings is 1. The van der Waals surface area contributed by atoms with Gasteiger partial charge >= 0.3 is 5.97 Å². The molecule has 0 bridgehead atoms. The van der Waals surface area contributed by atoms with E-state index in [0.29, 0.717) is 13.0 Å². The Hall–Kier alpha value is -1.56. The highest BCUT2D eigenvalue weighted by Gasteiger charge is 2.22. The molecule has 0 radical (unpaired) electrons. The molecule has 0 aromatic heterocycles. The van der Waals surface area contributed by atoms with E-state index >= 15 is 0 Å². The highest BCUT2D eigenvalue weighted by Crippen LogP contribution is 2.23. The topological polar surface area (TPSA) is 75.6 Å². The van der Waals surface area contributed by atoms with E-state index in [9.17, 15) is 9.59 Å². The summed E-state index contributed by atoms with van der Waals surface area (Å²) in [4.78, 5) is 22.7. The molecule has 0 saturated heterocycles. The zero-order chi connectivity index (χ0) is 15.8. The normalized spacial score (nSPS) is 12.0. The lowest BCUT2D eigenvalue weighted by atomic mass is 10.0. The number of carboxylic acid groups (broad SMARTS) is 1. The lowest BCUT2D eigenvalue weighted by Gasteiger charge is -2.17. The van der Waals surface area contributed by atoms with Crippen LogP contribution in [0, 0.1) is 5.92 Å². The third-order valence-corrected chi connectivity index (χ3v) is 3.55. The minimum absolute atomic E-state index is 0.150. The zero-order valence-electron chi connectivity index (χ0n) is 12.1. The van der Waals surface area contributed by atoms with Gasteiger partial charge in [-0.1, -0.05) is 26.0 Å². The van der Waals surface area contributed by atoms with Crippen molar-refractivity contribution in [2.75, 3.05) is 6.61 Å². The molecule has 1 aromatic rings. The average molecular weight is 358 g/mol. The second-order valence-electron chi connectivity index (χ2n) is 5.01. The fourth-order valence-electron chi connectivity index (χ4n) is 1.74. The molecule has 0 aliphatic heterocycles. The van der Waals surface area contributed by atoms with Crippen molar-refractivity contribution in [1.29, 1.82) is 0 Å². The SMILES string of the molecule is CC(C)[C@@H](NC(=O)CCCOc1ccccc1Br)C(=O)O. The molecule has 6 heteroatoms. The van der Waals surface area contributed by atoms with Crippen LogP contribution in [0.25, 0.3) is 0 Å². The third kappa shape index (κ3) is 6.16. The first-order valence-corrected chi connectivity index (χ1v) is 7.60. The van der Waals surface area contributed by atoms with E-state index in [1.165, 1.54) is 0 Å². The molecular weight excluding hydrogens is 338 g/mol. The molecule has 1 atom stereocenters. The largest absolute Gasteiger partial charge is 0.492 e. The van der Waals surface area contributed by atoms with Crippen molar-refractivity contribution in [2.45, 2.75) is 32.7 Å². The summed E-state index contributed by atoms with van der Waals surface area (Å²) in [6.07, 6.45) is 0.762. The summed E-state index contributed by atoms with van der Waals surface area (Å²) >= 11 is 3.37. The molecule has 21 heavy (non-hydrogen) atoms. The first kappa shape index (κ1) is 17.5. The van der Waals surface area contributed by atoms with Crippen LogP contribution in [0.1, 0.15) is 26.7 Å². The number of carboxylic acids is 1. The predicted octanol–water partition coefficient (Wildman–Crippen LogP) is 2.83. The lowest BCUT2D eigenvalue weighted by Crippen LogP contribution is -2.44. The zero-order valence-corrected chi connectivity index (χ0v) is 13.7. The first-order valence-electron chi connectivity index (χ1n) is 6.81. The summed E-state index contributed by atoms with van der Waals surface area (Å²) in [5.74, 6) is -0.707. The molecule has 0 unspecified atom stereocenters. The Labute approximate surface area is 132 Å². The summed E-state index contributed by atoms with van der Waals surface area (Å²) in [5.41, 5.74) is 0. The Morgan fingerprint density at radius 1 is 1.33 bits per heavy atom. The van der Waals surface area contributed by atoms with Gasteiger partial charge in [0.05, 0.1) is 11.1 Å². The third-order valence-electron chi connectivity index (χ3n) is 2.89. The summed E-state index contributed by atoms with van der Waals surface area (Å²) in [5, 5.41) is 11.5. The van der Waals surface area contributed by atoms with E-state index in [4.69, 9.17) is 9.84 Å². The predicted molar refractivity (Wildman–Crippen MR) is 83.3 cm³/mol. The van der Waals surface area contributed by atoms with Crippen LogP contribution >= 0.6 is 15.9 Å². The van der Waals surface area contributed by atoms with Gasteiger partial charge in [-0.2, -0.15) is 0 Å². The molecule has 116 valence electrons. The lowest BCUT2D eigenvalue weighted by molar-refractivity contribution is -0.143. The van der Waals surface area contributed by atoms with Crippen molar-refractivity contribution >= 4 is 27.8 Å². The molecular formula is C15H20BrNO4. The van der Waals surface area contributed by atoms with Gasteiger partial charge in [-0.15, -0.1) is 0 Å². The monoisotopic (exact) mass is 357 g/mol. The van der Waals surface area contributed by atoms with Crippen molar-refractivity contribution in [3.63, 3.8) is 0 Å². The number of hydrogen-bond donors (Lipinski definition) is 2. The van der Waals surface area contributed by atoms with Crippen LogP contribution in [0.3, 0.4) is 0 Å². The summed E-state index contributed by atoms with van der Waals surface area (Å²) in [7, 11) is 0. The van der Waals surface area contributed by atoms with E-state index in [2.05, 4.69) is 21.2 Å². The number of amides is 1. The van der Waals surface area contributed by atoms with Crippen LogP contribution in [0.15, 0.2) is 28.7 Å². The van der Waals surface area contributed by atoms with Gasteiger partial charge in [0.15, 0.2) is 0 Å². The second-order valence-corrected chi connectivity index (χ2v) is 5.86. The van der Waals surface area contributed by atoms with Gasteiger partial charge in [0, 0.05) is 6.42 Å². The molecule has 2 N–H and O–H groups in total. The molecule has 0 saturated carbocycles. The number of rotatable bonds is 8. The maximum absolute atomic E-state index is 11.7. The molecule has 0 aliphatic carbocycles. The molecule has 1 rings (SSSR count). The Morgan fingerprint density at radius 2 is 2.00 bits per heavy atom. The molecule has 0 spiro atoms. The Morgan fingerprint density at radius 3 is 2.57 bits per heavy atom. The fraction of sp³-hybridized carbons (Fsp3) is 0.467. The molecule has 0 fully saturated rings. The number of carbonyl (C=O) groups excluding carboxylic acids is 1. The summed E-state index contributed by atoms with van der Waals surface area (Å²) in [6, 6.07) is 6.63. The van der Waals surface area contributed by atoms with Crippen molar-refractivity contribution in [3.8, 4) is 5.75 Å². The quantitative estimate of drug-likeness (QED) is 0.701. The van der Waals surface area contributed by atoms with Crippen LogP contribution < -0.4 is 10.1 Å². The molecule has 1 aromatic carbocycles. The van der Waals surface area contributed by atoms with Gasteiger partial charge in [0.2, 0.25) is 5.91 Å². The number of ether oxygens (including phenoxy) is 1. The number of halogens is 1. The van der Waals surface area contributed by atoms with Crippen molar-refractivity contribution in [1.82, 2.24) is 5.32 Å². The maximum atomic E-state index is 11.7. The standard InChI is InChI=1S/C15H20BrNO4/c1-10(2)14(15(19)20)17-13(18)8-5-9-21-12-7-4-3-6-11(12)16/h3-4,6-7,10,14H,5,8-9H2,1-2H3,(H,17,18)(H,19,20)/t14-/m1/s1. The van der Waals surface area contributed by atoms with Crippen LogP contribution in [0.5, 0.6) is 5.75 Å². The number of nitrogens with one attached hydrogen (secondary N) is 1. The summed E-state index contributed by atoms with van der Waals surface area (Å²) < 4.78 is 6.41.